The Balaban J connectivity index is 1.06. The zero-order chi connectivity index (χ0) is 103. The summed E-state index contributed by atoms with van der Waals surface area (Å²) >= 11 is 7.69. The maximum absolute atomic E-state index is 16.1. The Morgan fingerprint density at radius 1 is 0.277 bits per heavy atom. The van der Waals surface area contributed by atoms with E-state index in [1.807, 2.05) is 93.9 Å². The molecule has 0 bridgehead atoms. The van der Waals surface area contributed by atoms with Crippen LogP contribution in [0.5, 0.6) is 0 Å². The molecule has 0 fully saturated rings. The van der Waals surface area contributed by atoms with Gasteiger partial charge < -0.3 is 0 Å². The number of carbonyl (C=O) groups excluding carboxylic acids is 2. The standard InChI is InChI=1S/C138H164N4O2S4/c1-11-19-27-35-43-51-63-97-75-98(64-52-44-36-28-20-12-2)80-109(79-97)137(110-81-99(65-53-45-37-29-21-13-3)76-100(82-110)66-54-46-38-30-22-14-4)121-93-113(91-119-125(123(95-139)141-9)115-87-105-71-59-61-73-107(105)89-117(115)129(119)143)145-131(121)133-127(137)135-136(147-133)128-134(148-135)132-122(94-114(146-132)92-120-126(124(96-140)142-10)116-88-106-72-60-62-74-108(106)90-118(116)130(120)144)138(128,111-83-101(67-55-47-39-31-23-15-5)77-102(84-111)68-56-48-40-32-24-16-6)112-85-103(69-57-49-41-33-25-17-7)78-104(86-112)70-58-50-42-34-26-18-8/h59-62,71-94H,11-58,63-70H2,1-8H3/b119-91-,120-92-,125-123+,126-124?. The summed E-state index contributed by atoms with van der Waals surface area (Å²) in [5.41, 5.74) is 23.7. The molecule has 8 aromatic carbocycles. The first-order valence-corrected chi connectivity index (χ1v) is 62.1. The van der Waals surface area contributed by atoms with Gasteiger partial charge in [-0.15, -0.1) is 45.3 Å². The van der Waals surface area contributed by atoms with Crippen LogP contribution in [0.1, 0.15) is 494 Å². The molecule has 0 unspecified atom stereocenters. The van der Waals surface area contributed by atoms with E-state index < -0.39 is 10.8 Å². The topological polar surface area (TPSA) is 90.4 Å². The van der Waals surface area contributed by atoms with Crippen molar-refractivity contribution in [1.82, 2.24) is 0 Å². The first-order chi connectivity index (χ1) is 72.7. The molecule has 6 nitrogen and oxygen atoms in total. The number of rotatable bonds is 62. The molecular formula is C138H164N4O2S4. The Morgan fingerprint density at radius 2 is 0.493 bits per heavy atom. The van der Waals surface area contributed by atoms with E-state index in [0.29, 0.717) is 44.5 Å². The van der Waals surface area contributed by atoms with E-state index >= 15 is 9.59 Å². The predicted octanol–water partition coefficient (Wildman–Crippen LogP) is 42.2. The fourth-order valence-electron chi connectivity index (χ4n) is 25.0. The van der Waals surface area contributed by atoms with Crippen LogP contribution in [0.15, 0.2) is 180 Å². The van der Waals surface area contributed by atoms with Gasteiger partial charge in [0.25, 0.3) is 11.4 Å². The average molecular weight is 2040 g/mol. The van der Waals surface area contributed by atoms with Crippen molar-refractivity contribution in [3.8, 4) is 31.6 Å². The zero-order valence-corrected chi connectivity index (χ0v) is 94.3. The maximum atomic E-state index is 16.1. The molecule has 0 saturated heterocycles. The SMILES string of the molecule is [C-]#[N+]C(C#N)=C1/C(=C/c2cc3c(s2)-c2sc4c5c(sc4c2C3(c2cc(CCCCCCCC)cc(CCCCCCCC)c2)c2cc(CCCCCCCC)cc(CCCCCCCC)c2)-c2sc(/C=C3\C(=O)c4cc6ccccc6cc4\C3=C(\C#N)[N+]#[C-])cc2C5(c2cc(CCCCCCCC)cc(CCCCCCCC)c2)c2cc(CCCCCCCC)cc(CCCCCCCC)c2)C(=O)c2cc3ccccc3cc21. The number of benzene rings is 8. The van der Waals surface area contributed by atoms with Gasteiger partial charge in [-0.25, -0.2) is 20.2 Å². The molecule has 4 heterocycles. The molecule has 16 rings (SSSR count). The second-order valence-electron chi connectivity index (χ2n) is 44.0. The Bertz CT molecular complexity index is 6180. The molecule has 148 heavy (non-hydrogen) atoms. The van der Waals surface area contributed by atoms with Crippen molar-refractivity contribution in [2.24, 2.45) is 0 Å². The van der Waals surface area contributed by atoms with Crippen LogP contribution >= 0.6 is 45.3 Å². The summed E-state index contributed by atoms with van der Waals surface area (Å²) in [5, 5.41) is 26.4. The molecule has 0 N–H and O–H groups in total. The smallest absolute Gasteiger partial charge is 0.270 e. The van der Waals surface area contributed by atoms with Crippen LogP contribution in [0.4, 0.5) is 0 Å². The van der Waals surface area contributed by atoms with Crippen LogP contribution in [-0.4, -0.2) is 11.6 Å². The number of fused-ring (bicyclic) bond motifs is 13. The van der Waals surface area contributed by atoms with E-state index in [0.717, 1.165) is 134 Å². The van der Waals surface area contributed by atoms with Crippen molar-refractivity contribution in [2.45, 2.75) is 426 Å². The minimum atomic E-state index is -0.936. The zero-order valence-electron chi connectivity index (χ0n) is 91.0. The third-order valence-corrected chi connectivity index (χ3v) is 37.8. The van der Waals surface area contributed by atoms with E-state index in [-0.39, 0.29) is 23.0 Å². The van der Waals surface area contributed by atoms with E-state index in [1.54, 1.807) is 0 Å². The van der Waals surface area contributed by atoms with Crippen molar-refractivity contribution in [3.05, 3.63) is 324 Å². The van der Waals surface area contributed by atoms with Crippen LogP contribution in [0.25, 0.3) is 83.4 Å². The van der Waals surface area contributed by atoms with Crippen molar-refractivity contribution in [1.29, 1.82) is 10.5 Å². The highest BCUT2D eigenvalue weighted by Gasteiger charge is 2.56. The highest BCUT2D eigenvalue weighted by molar-refractivity contribution is 7.34. The summed E-state index contributed by atoms with van der Waals surface area (Å²) in [6.07, 6.45) is 69.9. The van der Waals surface area contributed by atoms with Gasteiger partial charge in [0.2, 0.25) is 0 Å². The lowest BCUT2D eigenvalue weighted by Crippen LogP contribution is -2.30. The highest BCUT2D eigenvalue weighted by Crippen LogP contribution is 2.71. The van der Waals surface area contributed by atoms with Crippen LogP contribution in [0.3, 0.4) is 0 Å². The van der Waals surface area contributed by atoms with Crippen LogP contribution in [0, 0.1) is 35.8 Å². The van der Waals surface area contributed by atoms with Crippen molar-refractivity contribution < 1.29 is 9.59 Å². The third-order valence-electron chi connectivity index (χ3n) is 32.8. The second kappa shape index (κ2) is 55.1. The predicted molar refractivity (Wildman–Crippen MR) is 637 cm³/mol. The quantitative estimate of drug-likeness (QED) is 0.0164. The summed E-state index contributed by atoms with van der Waals surface area (Å²) in [7, 11) is 0. The Morgan fingerprint density at radius 3 is 0.709 bits per heavy atom. The lowest BCUT2D eigenvalue weighted by molar-refractivity contribution is 0.103. The Hall–Kier alpha value is -10.4. The van der Waals surface area contributed by atoms with Crippen LogP contribution in [-0.2, 0) is 62.2 Å². The van der Waals surface area contributed by atoms with Crippen molar-refractivity contribution >= 4 is 111 Å². The van der Waals surface area contributed by atoms with E-state index in [1.165, 1.54) is 375 Å². The van der Waals surface area contributed by atoms with Crippen molar-refractivity contribution in [2.75, 3.05) is 0 Å². The van der Waals surface area contributed by atoms with Crippen LogP contribution in [0.2, 0.25) is 0 Å². The molecule has 0 atom stereocenters. The number of aryl methyl sites for hydroxylation is 8. The molecular weight excluding hydrogens is 1870 g/mol. The lowest BCUT2D eigenvalue weighted by Gasteiger charge is -2.35. The van der Waals surface area contributed by atoms with Gasteiger partial charge in [0.05, 0.1) is 65.0 Å². The molecule has 0 radical (unpaired) electrons. The van der Waals surface area contributed by atoms with Crippen LogP contribution < -0.4 is 0 Å². The maximum Gasteiger partial charge on any atom is 0.270 e. The largest absolute Gasteiger partial charge is 0.289 e. The van der Waals surface area contributed by atoms with Crippen molar-refractivity contribution in [3.63, 3.8) is 0 Å². The van der Waals surface area contributed by atoms with E-state index in [4.69, 9.17) is 13.1 Å². The molecule has 4 aliphatic carbocycles. The molecule has 0 amide bonds. The fourth-order valence-corrected chi connectivity index (χ4v) is 30.7. The number of nitrogens with zero attached hydrogens (tertiary/aromatic N) is 4. The van der Waals surface area contributed by atoms with Gasteiger partial charge in [-0.3, -0.25) is 9.59 Å². The summed E-state index contributed by atoms with van der Waals surface area (Å²) in [6.45, 7) is 36.2. The molecule has 0 saturated carbocycles. The number of allylic oxidation sites excluding steroid dienone is 6. The van der Waals surface area contributed by atoms with Gasteiger partial charge >= 0.3 is 0 Å². The molecule has 0 spiro atoms. The van der Waals surface area contributed by atoms with Gasteiger partial charge in [-0.2, -0.15) is 0 Å². The summed E-state index contributed by atoms with van der Waals surface area (Å²) < 4.78 is 2.65. The number of ketones is 2. The summed E-state index contributed by atoms with van der Waals surface area (Å²) in [6, 6.07) is 66.3. The molecule has 12 aromatic rings. The van der Waals surface area contributed by atoms with E-state index in [9.17, 15) is 10.5 Å². The Kier molecular flexibility index (Phi) is 41.0. The third kappa shape index (κ3) is 25.3. The number of thiophene rings is 4. The number of unbranched alkanes of at least 4 members (excludes halogenated alkanes) is 40. The van der Waals surface area contributed by atoms with Gasteiger partial charge in [0.1, 0.15) is 0 Å². The van der Waals surface area contributed by atoms with Gasteiger partial charge in [0, 0.05) is 54.3 Å². The van der Waals surface area contributed by atoms with Gasteiger partial charge in [0.15, 0.2) is 11.6 Å². The Labute approximate surface area is 905 Å². The average Bonchev–Trinajstić information content (AvgIpc) is 1.48. The summed E-state index contributed by atoms with van der Waals surface area (Å²) in [5.74, 6) is -0.325. The fraction of sp³-hybridized carbons (Fsp3) is 0.478. The normalized spacial score (nSPS) is 14.8. The van der Waals surface area contributed by atoms with E-state index in [2.05, 4.69) is 199 Å². The molecule has 4 aliphatic rings. The molecule has 4 aromatic heterocycles. The number of hydrogen-bond acceptors (Lipinski definition) is 8. The molecule has 772 valence electrons. The number of carbonyl (C=O) groups is 2. The molecule has 0 aliphatic heterocycles. The summed E-state index contributed by atoms with van der Waals surface area (Å²) in [4.78, 5) is 47.1. The minimum Gasteiger partial charge on any atom is -0.289 e. The lowest BCUT2D eigenvalue weighted by atomic mass is 9.65. The second-order valence-corrected chi connectivity index (χ2v) is 48.2. The number of Topliss-reactive ketones (excluding diaryl/α,β-unsaturated/α-hetero) is 2. The highest BCUT2D eigenvalue weighted by atomic mass is 32.1. The number of hydrogen-bond donors (Lipinski definition) is 0. The molecule has 10 heteroatoms. The first-order valence-electron chi connectivity index (χ1n) is 58.8. The van der Waals surface area contributed by atoms with Gasteiger partial charge in [-0.1, -0.05) is 434 Å². The first kappa shape index (κ1) is 110. The minimum absolute atomic E-state index is 0.0752. The number of nitriles is 2. The van der Waals surface area contributed by atoms with Gasteiger partial charge in [-0.05, 0) is 262 Å². The monoisotopic (exact) mass is 2040 g/mol.